The average molecular weight is 213 g/mol. The molecule has 0 aliphatic rings. The molecule has 0 aliphatic carbocycles. The Morgan fingerprint density at radius 2 is 2.00 bits per heavy atom. The van der Waals surface area contributed by atoms with Crippen LogP contribution in [-0.2, 0) is 6.42 Å². The summed E-state index contributed by atoms with van der Waals surface area (Å²) >= 11 is 0. The summed E-state index contributed by atoms with van der Waals surface area (Å²) in [5.74, 6) is 0. The molecule has 0 bridgehead atoms. The first-order valence-corrected chi connectivity index (χ1v) is 3.68. The summed E-state index contributed by atoms with van der Waals surface area (Å²) in [5, 5.41) is 0. The van der Waals surface area contributed by atoms with Crippen molar-refractivity contribution in [2.45, 2.75) is 13.3 Å². The maximum atomic E-state index is 12.3. The Labute approximate surface area is 118 Å². The minimum absolute atomic E-state index is 0. The quantitative estimate of drug-likeness (QED) is 0.556. The molecule has 1 aromatic heterocycles. The van der Waals surface area contributed by atoms with Crippen LogP contribution in [0.2, 0.25) is 0 Å². The van der Waals surface area contributed by atoms with Crippen LogP contribution in [-0.4, -0.2) is 12.0 Å². The first kappa shape index (κ1) is 13.6. The maximum absolute atomic E-state index is 12.3. The molecule has 0 spiro atoms. The van der Waals surface area contributed by atoms with Crippen molar-refractivity contribution in [3.8, 4) is 0 Å². The minimum atomic E-state index is -4.90. The van der Waals surface area contributed by atoms with Crippen LogP contribution in [0, 0.1) is 0 Å². The van der Waals surface area contributed by atoms with E-state index in [9.17, 15) is 12.9 Å². The topological polar surface area (TPSA) is 12.9 Å². The number of pyridine rings is 1. The molecule has 0 aliphatic heterocycles. The maximum Gasteiger partial charge on any atom is 1.00 e. The third-order valence-electron chi connectivity index (χ3n) is 1.68. The molecule has 1 rings (SSSR count). The van der Waals surface area contributed by atoms with E-state index in [-0.39, 0.29) is 51.4 Å². The van der Waals surface area contributed by atoms with Gasteiger partial charge < -0.3 is 12.9 Å². The summed E-state index contributed by atoms with van der Waals surface area (Å²) in [5.41, 5.74) is -0.252. The van der Waals surface area contributed by atoms with Crippen LogP contribution in [0.25, 0.3) is 0 Å². The fraction of sp³-hybridized carbons (Fsp3) is 0.286. The summed E-state index contributed by atoms with van der Waals surface area (Å²) in [6.07, 6.45) is 2.65. The smallest absolute Gasteiger partial charge is 0.445 e. The van der Waals surface area contributed by atoms with Gasteiger partial charge in [0.2, 0.25) is 0 Å². The Kier molecular flexibility index (Phi) is 5.78. The summed E-state index contributed by atoms with van der Waals surface area (Å²) in [6.45, 7) is -3.21. The monoisotopic (exact) mass is 213 g/mol. The van der Waals surface area contributed by atoms with Crippen LogP contribution in [0.3, 0.4) is 0 Å². The van der Waals surface area contributed by atoms with Crippen molar-refractivity contribution in [1.29, 1.82) is 0 Å². The van der Waals surface area contributed by atoms with Crippen molar-refractivity contribution in [2.24, 2.45) is 0 Å². The van der Waals surface area contributed by atoms with Crippen LogP contribution in [0.4, 0.5) is 12.9 Å². The Morgan fingerprint density at radius 1 is 1.38 bits per heavy atom. The zero-order valence-corrected chi connectivity index (χ0v) is 10.7. The summed E-state index contributed by atoms with van der Waals surface area (Å²) < 4.78 is 36.8. The molecule has 1 heterocycles. The van der Waals surface area contributed by atoms with Gasteiger partial charge in [-0.3, -0.25) is 4.98 Å². The molecule has 1 nitrogen and oxygen atoms in total. The zero-order valence-electron chi connectivity index (χ0n) is 7.60. The largest absolute Gasteiger partial charge is 1.00 e. The van der Waals surface area contributed by atoms with Crippen molar-refractivity contribution >= 4 is 12.4 Å². The van der Waals surface area contributed by atoms with Crippen molar-refractivity contribution in [3.63, 3.8) is 0 Å². The minimum Gasteiger partial charge on any atom is -0.445 e. The fourth-order valence-corrected chi connectivity index (χ4v) is 1.05. The number of hydrogen-bond donors (Lipinski definition) is 0. The Hall–Kier alpha value is 0.641. The van der Waals surface area contributed by atoms with Crippen LogP contribution in [0.1, 0.15) is 12.5 Å². The van der Waals surface area contributed by atoms with Crippen LogP contribution in [0.15, 0.2) is 18.5 Å². The molecule has 0 saturated carbocycles. The summed E-state index contributed by atoms with van der Waals surface area (Å²) in [7, 11) is 0. The van der Waals surface area contributed by atoms with E-state index >= 15 is 0 Å². The molecule has 1 aromatic rings. The third kappa shape index (κ3) is 3.71. The van der Waals surface area contributed by atoms with E-state index in [0.717, 1.165) is 6.20 Å². The normalized spacial score (nSPS) is 10.8. The van der Waals surface area contributed by atoms with Crippen LogP contribution in [0.5, 0.6) is 0 Å². The molecular weight excluding hydrogens is 205 g/mol. The summed E-state index contributed by atoms with van der Waals surface area (Å²) in [6, 6.07) is 1.41. The first-order valence-electron chi connectivity index (χ1n) is 3.68. The van der Waals surface area contributed by atoms with E-state index in [1.807, 2.05) is 0 Å². The molecule has 66 valence electrons. The second-order valence-corrected chi connectivity index (χ2v) is 2.50. The predicted octanol–water partition coefficient (Wildman–Crippen LogP) is -1.30. The van der Waals surface area contributed by atoms with Gasteiger partial charge in [-0.25, -0.2) is 0 Å². The number of nitrogens with zero attached hydrogens (tertiary/aromatic N) is 1. The van der Waals surface area contributed by atoms with Gasteiger partial charge in [0.25, 0.3) is 0 Å². The molecule has 0 atom stereocenters. The Balaban J connectivity index is 0.00000144. The number of halogens is 3. The molecule has 0 N–H and O–H groups in total. The van der Waals surface area contributed by atoms with E-state index < -0.39 is 12.4 Å². The second kappa shape index (κ2) is 5.50. The van der Waals surface area contributed by atoms with Crippen molar-refractivity contribution < 1.29 is 64.3 Å². The summed E-state index contributed by atoms with van der Waals surface area (Å²) in [4.78, 5) is 3.46. The molecule has 0 radical (unpaired) electrons. The van der Waals surface area contributed by atoms with Gasteiger partial charge in [0, 0.05) is 12.4 Å². The van der Waals surface area contributed by atoms with Crippen molar-refractivity contribution in [1.82, 2.24) is 4.98 Å². The Bertz CT molecular complexity index is 277. The SMILES string of the molecule is CCc1ccncc1[B-](F)(F)F.[K+]. The fourth-order valence-electron chi connectivity index (χ4n) is 1.05. The van der Waals surface area contributed by atoms with Gasteiger partial charge in [-0.15, -0.1) is 0 Å². The second-order valence-electron chi connectivity index (χ2n) is 2.50. The molecule has 0 amide bonds. The number of rotatable bonds is 2. The zero-order chi connectivity index (χ0) is 9.19. The molecule has 13 heavy (non-hydrogen) atoms. The van der Waals surface area contributed by atoms with E-state index in [2.05, 4.69) is 4.98 Å². The van der Waals surface area contributed by atoms with Gasteiger partial charge >= 0.3 is 58.4 Å². The van der Waals surface area contributed by atoms with Crippen LogP contribution >= 0.6 is 0 Å². The van der Waals surface area contributed by atoms with Crippen molar-refractivity contribution in [2.75, 3.05) is 0 Å². The first-order chi connectivity index (χ1) is 5.55. The Morgan fingerprint density at radius 3 is 2.38 bits per heavy atom. The molecule has 6 heteroatoms. The van der Waals surface area contributed by atoms with Gasteiger partial charge in [0.1, 0.15) is 0 Å². The van der Waals surface area contributed by atoms with Crippen LogP contribution < -0.4 is 56.8 Å². The molecule has 0 fully saturated rings. The van der Waals surface area contributed by atoms with Gasteiger partial charge in [-0.1, -0.05) is 17.9 Å². The van der Waals surface area contributed by atoms with Gasteiger partial charge in [0.05, 0.1) is 0 Å². The van der Waals surface area contributed by atoms with Gasteiger partial charge in [-0.05, 0) is 12.5 Å². The average Bonchev–Trinajstić information content (AvgIpc) is 2.03. The number of aromatic nitrogens is 1. The van der Waals surface area contributed by atoms with E-state index in [4.69, 9.17) is 0 Å². The number of hydrogen-bond acceptors (Lipinski definition) is 1. The third-order valence-corrected chi connectivity index (χ3v) is 1.68. The van der Waals surface area contributed by atoms with Crippen molar-refractivity contribution in [3.05, 3.63) is 24.0 Å². The molecule has 0 unspecified atom stereocenters. The standard InChI is InChI=1S/C7H8BF3N.K/c1-2-6-3-4-12-5-7(6)8(9,10)11;/h3-5H,2H2,1H3;/q-1;+1. The van der Waals surface area contributed by atoms with E-state index in [1.165, 1.54) is 12.3 Å². The predicted molar refractivity (Wildman–Crippen MR) is 42.3 cm³/mol. The molecule has 0 saturated heterocycles. The molecule has 0 aromatic carbocycles. The van der Waals surface area contributed by atoms with Gasteiger partial charge in [-0.2, -0.15) is 0 Å². The van der Waals surface area contributed by atoms with E-state index in [1.54, 1.807) is 6.92 Å². The number of aryl methyl sites for hydroxylation is 1. The van der Waals surface area contributed by atoms with E-state index in [0.29, 0.717) is 12.0 Å². The van der Waals surface area contributed by atoms with Gasteiger partial charge in [0.15, 0.2) is 0 Å². The molecular formula is C7H8BF3KN.